The molecular formula is C8H18O3. The molecule has 0 aromatic carbocycles. The molecule has 68 valence electrons. The van der Waals surface area contributed by atoms with Crippen LogP contribution in [-0.4, -0.2) is 37.6 Å². The molecule has 0 rings (SSSR count). The molecule has 0 fully saturated rings. The molecule has 3 heteroatoms. The molecule has 11 heavy (non-hydrogen) atoms. The Hall–Kier alpha value is -0.120. The fraction of sp³-hybridized carbons (Fsp3) is 1.00. The Morgan fingerprint density at radius 1 is 1.36 bits per heavy atom. The average molecular weight is 162 g/mol. The normalized spacial score (nSPS) is 16.4. The van der Waals surface area contributed by atoms with Crippen LogP contribution in [0.5, 0.6) is 0 Å². The molecule has 0 heterocycles. The molecule has 0 bridgehead atoms. The predicted molar refractivity (Wildman–Crippen MR) is 43.6 cm³/mol. The van der Waals surface area contributed by atoms with Gasteiger partial charge in [-0.1, -0.05) is 6.92 Å². The van der Waals surface area contributed by atoms with Crippen molar-refractivity contribution in [1.29, 1.82) is 0 Å². The summed E-state index contributed by atoms with van der Waals surface area (Å²) in [6.07, 6.45) is 0.717. The first kappa shape index (κ1) is 10.9. The van der Waals surface area contributed by atoms with Gasteiger partial charge in [-0.25, -0.2) is 0 Å². The number of rotatable bonds is 6. The Labute approximate surface area is 68.3 Å². The molecule has 0 aliphatic carbocycles. The van der Waals surface area contributed by atoms with Gasteiger partial charge in [-0.2, -0.15) is 0 Å². The lowest BCUT2D eigenvalue weighted by Gasteiger charge is -2.13. The molecule has 2 atom stereocenters. The van der Waals surface area contributed by atoms with Gasteiger partial charge in [0.1, 0.15) is 0 Å². The van der Waals surface area contributed by atoms with E-state index < -0.39 is 0 Å². The van der Waals surface area contributed by atoms with Gasteiger partial charge in [0, 0.05) is 7.11 Å². The highest BCUT2D eigenvalue weighted by Gasteiger charge is 2.04. The Balaban J connectivity index is 3.21. The van der Waals surface area contributed by atoms with Gasteiger partial charge >= 0.3 is 0 Å². The number of aliphatic hydroxyl groups is 1. The van der Waals surface area contributed by atoms with Gasteiger partial charge in [0.15, 0.2) is 0 Å². The molecular weight excluding hydrogens is 144 g/mol. The van der Waals surface area contributed by atoms with Crippen LogP contribution in [0.25, 0.3) is 0 Å². The van der Waals surface area contributed by atoms with Crippen LogP contribution in [0.4, 0.5) is 0 Å². The number of hydrogen-bond donors (Lipinski definition) is 1. The fourth-order valence-electron chi connectivity index (χ4n) is 0.723. The van der Waals surface area contributed by atoms with E-state index in [9.17, 15) is 0 Å². The Morgan fingerprint density at radius 2 is 2.00 bits per heavy atom. The summed E-state index contributed by atoms with van der Waals surface area (Å²) in [6, 6.07) is 0. The maximum absolute atomic E-state index is 8.84. The van der Waals surface area contributed by atoms with Crippen molar-refractivity contribution in [3.63, 3.8) is 0 Å². The summed E-state index contributed by atoms with van der Waals surface area (Å²) in [5.74, 6) is 0. The topological polar surface area (TPSA) is 38.7 Å². The summed E-state index contributed by atoms with van der Waals surface area (Å²) in [5, 5.41) is 8.84. The summed E-state index contributed by atoms with van der Waals surface area (Å²) in [7, 11) is 1.67. The first-order valence-electron chi connectivity index (χ1n) is 3.99. The highest BCUT2D eigenvalue weighted by Crippen LogP contribution is 1.96. The summed E-state index contributed by atoms with van der Waals surface area (Å²) >= 11 is 0. The van der Waals surface area contributed by atoms with Gasteiger partial charge in [-0.15, -0.1) is 0 Å². The third kappa shape index (κ3) is 6.28. The standard InChI is InChI=1S/C8H18O3/c1-4-8(10-3)6-11-5-7(2)9/h7-9H,4-6H2,1-3H3. The molecule has 0 aromatic heterocycles. The van der Waals surface area contributed by atoms with E-state index in [-0.39, 0.29) is 12.2 Å². The number of aliphatic hydroxyl groups excluding tert-OH is 1. The molecule has 0 spiro atoms. The van der Waals surface area contributed by atoms with Crippen LogP contribution >= 0.6 is 0 Å². The van der Waals surface area contributed by atoms with Gasteiger partial charge in [0.05, 0.1) is 25.4 Å². The minimum Gasteiger partial charge on any atom is -0.391 e. The summed E-state index contributed by atoms with van der Waals surface area (Å²) in [5.41, 5.74) is 0. The zero-order chi connectivity index (χ0) is 8.69. The van der Waals surface area contributed by atoms with Crippen molar-refractivity contribution < 1.29 is 14.6 Å². The third-order valence-corrected chi connectivity index (χ3v) is 1.45. The van der Waals surface area contributed by atoms with Gasteiger partial charge in [0.2, 0.25) is 0 Å². The van der Waals surface area contributed by atoms with E-state index >= 15 is 0 Å². The van der Waals surface area contributed by atoms with E-state index in [1.807, 2.05) is 6.92 Å². The van der Waals surface area contributed by atoms with Gasteiger partial charge in [-0.05, 0) is 13.3 Å². The largest absolute Gasteiger partial charge is 0.391 e. The van der Waals surface area contributed by atoms with Crippen molar-refractivity contribution in [3.05, 3.63) is 0 Å². The van der Waals surface area contributed by atoms with E-state index in [0.29, 0.717) is 13.2 Å². The third-order valence-electron chi connectivity index (χ3n) is 1.45. The minimum absolute atomic E-state index is 0.161. The second-order valence-electron chi connectivity index (χ2n) is 2.65. The molecule has 0 aliphatic heterocycles. The predicted octanol–water partition coefficient (Wildman–Crippen LogP) is 0.809. The number of ether oxygens (including phenoxy) is 2. The van der Waals surface area contributed by atoms with Crippen molar-refractivity contribution >= 4 is 0 Å². The maximum atomic E-state index is 8.84. The Bertz CT molecular complexity index is 79.4. The van der Waals surface area contributed by atoms with Crippen molar-refractivity contribution in [3.8, 4) is 0 Å². The van der Waals surface area contributed by atoms with Crippen LogP contribution in [0.3, 0.4) is 0 Å². The van der Waals surface area contributed by atoms with Crippen LogP contribution in [-0.2, 0) is 9.47 Å². The SMILES string of the molecule is CCC(COCC(C)O)OC. The van der Waals surface area contributed by atoms with Gasteiger partial charge in [0.25, 0.3) is 0 Å². The van der Waals surface area contributed by atoms with Crippen LogP contribution in [0, 0.1) is 0 Å². The zero-order valence-electron chi connectivity index (χ0n) is 7.54. The number of methoxy groups -OCH3 is 1. The molecule has 0 aliphatic rings. The number of hydrogen-bond acceptors (Lipinski definition) is 3. The van der Waals surface area contributed by atoms with Crippen LogP contribution in [0.2, 0.25) is 0 Å². The van der Waals surface area contributed by atoms with E-state index in [2.05, 4.69) is 0 Å². The van der Waals surface area contributed by atoms with E-state index in [4.69, 9.17) is 14.6 Å². The van der Waals surface area contributed by atoms with Crippen molar-refractivity contribution in [2.45, 2.75) is 32.5 Å². The molecule has 1 N–H and O–H groups in total. The maximum Gasteiger partial charge on any atom is 0.0802 e. The van der Waals surface area contributed by atoms with Gasteiger partial charge in [-0.3, -0.25) is 0 Å². The first-order chi connectivity index (χ1) is 5.20. The monoisotopic (exact) mass is 162 g/mol. The van der Waals surface area contributed by atoms with Crippen LogP contribution in [0.1, 0.15) is 20.3 Å². The lowest BCUT2D eigenvalue weighted by Crippen LogP contribution is -2.20. The zero-order valence-corrected chi connectivity index (χ0v) is 7.54. The molecule has 3 nitrogen and oxygen atoms in total. The smallest absolute Gasteiger partial charge is 0.0802 e. The molecule has 0 aromatic rings. The quantitative estimate of drug-likeness (QED) is 0.628. The molecule has 2 unspecified atom stereocenters. The van der Waals surface area contributed by atoms with E-state index in [1.54, 1.807) is 14.0 Å². The van der Waals surface area contributed by atoms with Crippen LogP contribution in [0.15, 0.2) is 0 Å². The molecule has 0 saturated heterocycles. The van der Waals surface area contributed by atoms with E-state index in [1.165, 1.54) is 0 Å². The molecule has 0 amide bonds. The summed E-state index contributed by atoms with van der Waals surface area (Å²) in [4.78, 5) is 0. The minimum atomic E-state index is -0.385. The summed E-state index contributed by atoms with van der Waals surface area (Å²) < 4.78 is 10.2. The van der Waals surface area contributed by atoms with Crippen LogP contribution < -0.4 is 0 Å². The second-order valence-corrected chi connectivity index (χ2v) is 2.65. The Morgan fingerprint density at radius 3 is 2.36 bits per heavy atom. The van der Waals surface area contributed by atoms with Crippen molar-refractivity contribution in [2.24, 2.45) is 0 Å². The van der Waals surface area contributed by atoms with Crippen molar-refractivity contribution in [2.75, 3.05) is 20.3 Å². The first-order valence-corrected chi connectivity index (χ1v) is 3.99. The van der Waals surface area contributed by atoms with Gasteiger partial charge < -0.3 is 14.6 Å². The molecule has 0 saturated carbocycles. The van der Waals surface area contributed by atoms with Crippen molar-refractivity contribution in [1.82, 2.24) is 0 Å². The fourth-order valence-corrected chi connectivity index (χ4v) is 0.723. The summed E-state index contributed by atoms with van der Waals surface area (Å²) in [6.45, 7) is 4.70. The Kier molecular flexibility index (Phi) is 6.51. The van der Waals surface area contributed by atoms with E-state index in [0.717, 1.165) is 6.42 Å². The highest BCUT2D eigenvalue weighted by atomic mass is 16.5. The average Bonchev–Trinajstić information content (AvgIpc) is 1.98. The highest BCUT2D eigenvalue weighted by molar-refractivity contribution is 4.52. The lowest BCUT2D eigenvalue weighted by molar-refractivity contribution is -0.0199. The molecule has 0 radical (unpaired) electrons. The lowest BCUT2D eigenvalue weighted by atomic mass is 10.3. The second kappa shape index (κ2) is 6.58.